The molecule has 4 heteroatoms. The molecule has 2 rings (SSSR count). The first kappa shape index (κ1) is 13.5. The summed E-state index contributed by atoms with van der Waals surface area (Å²) in [6, 6.07) is 8.09. The molecule has 0 amide bonds. The lowest BCUT2D eigenvalue weighted by Crippen LogP contribution is -2.00. The Morgan fingerprint density at radius 2 is 1.89 bits per heavy atom. The van der Waals surface area contributed by atoms with E-state index < -0.39 is 0 Å². The highest BCUT2D eigenvalue weighted by molar-refractivity contribution is 5.31. The Kier molecular flexibility index (Phi) is 4.47. The molecule has 0 fully saturated rings. The van der Waals surface area contributed by atoms with Crippen molar-refractivity contribution >= 4 is 0 Å². The SMILES string of the molecule is CCC(C)c1ccc(Oc2cnc(CN)cn2)cc1. The summed E-state index contributed by atoms with van der Waals surface area (Å²) in [4.78, 5) is 8.29. The highest BCUT2D eigenvalue weighted by Gasteiger charge is 2.04. The lowest BCUT2D eigenvalue weighted by Gasteiger charge is -2.10. The van der Waals surface area contributed by atoms with E-state index in [-0.39, 0.29) is 0 Å². The Morgan fingerprint density at radius 3 is 2.42 bits per heavy atom. The Bertz CT molecular complexity index is 508. The Labute approximate surface area is 113 Å². The molecule has 1 aromatic carbocycles. The van der Waals surface area contributed by atoms with E-state index in [1.807, 2.05) is 12.1 Å². The minimum atomic E-state index is 0.386. The zero-order valence-corrected chi connectivity index (χ0v) is 11.3. The van der Waals surface area contributed by atoms with Crippen LogP contribution in [0.4, 0.5) is 0 Å². The minimum Gasteiger partial charge on any atom is -0.438 e. The van der Waals surface area contributed by atoms with E-state index in [4.69, 9.17) is 10.5 Å². The smallest absolute Gasteiger partial charge is 0.237 e. The quantitative estimate of drug-likeness (QED) is 0.893. The molecule has 0 bridgehead atoms. The molecular formula is C15H19N3O. The molecule has 0 saturated carbocycles. The van der Waals surface area contributed by atoms with Gasteiger partial charge in [0.1, 0.15) is 5.75 Å². The fraction of sp³-hybridized carbons (Fsp3) is 0.333. The van der Waals surface area contributed by atoms with Crippen molar-refractivity contribution in [1.82, 2.24) is 9.97 Å². The van der Waals surface area contributed by atoms with Gasteiger partial charge in [0.05, 0.1) is 18.1 Å². The predicted octanol–water partition coefficient (Wildman–Crippen LogP) is 3.24. The van der Waals surface area contributed by atoms with E-state index in [0.29, 0.717) is 18.3 Å². The van der Waals surface area contributed by atoms with Crippen LogP contribution in [0.2, 0.25) is 0 Å². The number of rotatable bonds is 5. The number of hydrogen-bond donors (Lipinski definition) is 1. The van der Waals surface area contributed by atoms with E-state index in [0.717, 1.165) is 17.9 Å². The van der Waals surface area contributed by atoms with Crippen LogP contribution >= 0.6 is 0 Å². The molecule has 1 unspecified atom stereocenters. The van der Waals surface area contributed by atoms with Gasteiger partial charge in [-0.05, 0) is 30.0 Å². The second-order valence-corrected chi connectivity index (χ2v) is 4.53. The van der Waals surface area contributed by atoms with Gasteiger partial charge in [0.2, 0.25) is 5.88 Å². The first-order valence-electron chi connectivity index (χ1n) is 6.51. The lowest BCUT2D eigenvalue weighted by atomic mass is 9.99. The Balaban J connectivity index is 2.06. The van der Waals surface area contributed by atoms with E-state index in [2.05, 4.69) is 35.9 Å². The van der Waals surface area contributed by atoms with E-state index in [1.165, 1.54) is 5.56 Å². The van der Waals surface area contributed by atoms with Crippen LogP contribution in [-0.4, -0.2) is 9.97 Å². The van der Waals surface area contributed by atoms with E-state index in [9.17, 15) is 0 Å². The standard InChI is InChI=1S/C15H19N3O/c1-3-11(2)12-4-6-14(7-5-12)19-15-10-17-13(8-16)9-18-15/h4-7,9-11H,3,8,16H2,1-2H3. The summed E-state index contributed by atoms with van der Waals surface area (Å²) in [6.07, 6.45) is 4.35. The highest BCUT2D eigenvalue weighted by Crippen LogP contribution is 2.23. The zero-order valence-electron chi connectivity index (χ0n) is 11.3. The fourth-order valence-corrected chi connectivity index (χ4v) is 1.72. The summed E-state index contributed by atoms with van der Waals surface area (Å²) in [6.45, 7) is 4.79. The third-order valence-corrected chi connectivity index (χ3v) is 3.17. The van der Waals surface area contributed by atoms with E-state index >= 15 is 0 Å². The summed E-state index contributed by atoms with van der Waals surface area (Å²) in [5.74, 6) is 1.81. The molecule has 100 valence electrons. The first-order chi connectivity index (χ1) is 9.22. The molecule has 0 saturated heterocycles. The molecule has 1 atom stereocenters. The minimum absolute atomic E-state index is 0.386. The maximum absolute atomic E-state index is 5.63. The van der Waals surface area contributed by atoms with Crippen molar-refractivity contribution in [2.75, 3.05) is 0 Å². The monoisotopic (exact) mass is 257 g/mol. The van der Waals surface area contributed by atoms with Crippen LogP contribution in [0.1, 0.15) is 37.4 Å². The number of nitrogens with zero attached hydrogens (tertiary/aromatic N) is 2. The molecule has 0 radical (unpaired) electrons. The van der Waals surface area contributed by atoms with Crippen LogP contribution in [0.15, 0.2) is 36.7 Å². The van der Waals surface area contributed by atoms with Crippen molar-refractivity contribution < 1.29 is 4.74 Å². The molecule has 0 aliphatic heterocycles. The van der Waals surface area contributed by atoms with Crippen molar-refractivity contribution in [2.24, 2.45) is 5.73 Å². The molecule has 1 heterocycles. The van der Waals surface area contributed by atoms with Gasteiger partial charge in [-0.2, -0.15) is 0 Å². The molecule has 4 nitrogen and oxygen atoms in total. The maximum Gasteiger partial charge on any atom is 0.237 e. The summed E-state index contributed by atoms with van der Waals surface area (Å²) < 4.78 is 5.63. The lowest BCUT2D eigenvalue weighted by molar-refractivity contribution is 0.459. The summed E-state index contributed by atoms with van der Waals surface area (Å²) >= 11 is 0. The number of ether oxygens (including phenoxy) is 1. The van der Waals surface area contributed by atoms with Crippen LogP contribution in [0.25, 0.3) is 0 Å². The van der Waals surface area contributed by atoms with Crippen LogP contribution in [0.5, 0.6) is 11.6 Å². The summed E-state index contributed by atoms with van der Waals surface area (Å²) in [5.41, 5.74) is 7.54. The number of nitrogens with two attached hydrogens (primary N) is 1. The van der Waals surface area contributed by atoms with Gasteiger partial charge in [-0.3, -0.25) is 4.98 Å². The topological polar surface area (TPSA) is 61.0 Å². The maximum atomic E-state index is 5.63. The van der Waals surface area contributed by atoms with Gasteiger partial charge in [0.15, 0.2) is 0 Å². The van der Waals surface area contributed by atoms with Gasteiger partial charge in [-0.1, -0.05) is 26.0 Å². The average Bonchev–Trinajstić information content (AvgIpc) is 2.48. The van der Waals surface area contributed by atoms with Gasteiger partial charge in [0, 0.05) is 6.54 Å². The fourth-order valence-electron chi connectivity index (χ4n) is 1.72. The molecule has 0 spiro atoms. The van der Waals surface area contributed by atoms with Crippen LogP contribution in [0, 0.1) is 0 Å². The molecule has 0 aliphatic carbocycles. The van der Waals surface area contributed by atoms with Gasteiger partial charge in [-0.15, -0.1) is 0 Å². The molecular weight excluding hydrogens is 238 g/mol. The van der Waals surface area contributed by atoms with Crippen LogP contribution in [0.3, 0.4) is 0 Å². The number of aromatic nitrogens is 2. The summed E-state index contributed by atoms with van der Waals surface area (Å²) in [5, 5.41) is 0. The highest BCUT2D eigenvalue weighted by atomic mass is 16.5. The van der Waals surface area contributed by atoms with E-state index in [1.54, 1.807) is 12.4 Å². The zero-order chi connectivity index (χ0) is 13.7. The van der Waals surface area contributed by atoms with Crippen molar-refractivity contribution in [2.45, 2.75) is 32.7 Å². The third-order valence-electron chi connectivity index (χ3n) is 3.17. The van der Waals surface area contributed by atoms with Crippen molar-refractivity contribution in [3.05, 3.63) is 47.9 Å². The Morgan fingerprint density at radius 1 is 1.16 bits per heavy atom. The summed E-state index contributed by atoms with van der Waals surface area (Å²) in [7, 11) is 0. The molecule has 2 aromatic rings. The van der Waals surface area contributed by atoms with Crippen molar-refractivity contribution in [3.63, 3.8) is 0 Å². The number of hydrogen-bond acceptors (Lipinski definition) is 4. The van der Waals surface area contributed by atoms with Crippen molar-refractivity contribution in [3.8, 4) is 11.6 Å². The molecule has 2 N–H and O–H groups in total. The van der Waals surface area contributed by atoms with Gasteiger partial charge < -0.3 is 10.5 Å². The number of benzene rings is 1. The van der Waals surface area contributed by atoms with Gasteiger partial charge >= 0.3 is 0 Å². The van der Waals surface area contributed by atoms with Gasteiger partial charge in [0.25, 0.3) is 0 Å². The average molecular weight is 257 g/mol. The molecule has 19 heavy (non-hydrogen) atoms. The van der Waals surface area contributed by atoms with Crippen molar-refractivity contribution in [1.29, 1.82) is 0 Å². The molecule has 0 aliphatic rings. The predicted molar refractivity (Wildman–Crippen MR) is 75.1 cm³/mol. The third kappa shape index (κ3) is 3.51. The normalized spacial score (nSPS) is 12.2. The van der Waals surface area contributed by atoms with Gasteiger partial charge in [-0.25, -0.2) is 4.98 Å². The van der Waals surface area contributed by atoms with Crippen LogP contribution < -0.4 is 10.5 Å². The first-order valence-corrected chi connectivity index (χ1v) is 6.51. The second-order valence-electron chi connectivity index (χ2n) is 4.53. The largest absolute Gasteiger partial charge is 0.438 e. The van der Waals surface area contributed by atoms with Crippen LogP contribution in [-0.2, 0) is 6.54 Å². The Hall–Kier alpha value is -1.94. The molecule has 1 aromatic heterocycles. The second kappa shape index (κ2) is 6.29.